The molecular weight excluding hydrogens is 1070 g/mol. The molecule has 0 unspecified atom stereocenters. The van der Waals surface area contributed by atoms with E-state index in [1.807, 2.05) is 12.3 Å². The summed E-state index contributed by atoms with van der Waals surface area (Å²) in [6.45, 7) is 48.8. The largest absolute Gasteiger partial charge is 0.457 e. The number of pyridine rings is 1. The molecule has 0 radical (unpaired) electrons. The summed E-state index contributed by atoms with van der Waals surface area (Å²) in [4.78, 5) is 5.06. The first-order valence-corrected chi connectivity index (χ1v) is 31.7. The Balaban J connectivity index is 1.11. The Morgan fingerprint density at radius 2 is 0.909 bits per heavy atom. The second kappa shape index (κ2) is 20.7. The van der Waals surface area contributed by atoms with Crippen molar-refractivity contribution in [2.24, 2.45) is 0 Å². The Kier molecular flexibility index (Phi) is 14.1. The maximum Gasteiger partial charge on any atom is 0.255 e. The predicted octanol–water partition coefficient (Wildman–Crippen LogP) is 22.5. The number of hydrogen-bond acceptors (Lipinski definition) is 3. The number of nitrogens with zero attached hydrogens (tertiary/aromatic N) is 4. The molecule has 0 aliphatic carbocycles. The fourth-order valence-corrected chi connectivity index (χ4v) is 12.5. The molecule has 12 aromatic rings. The lowest BCUT2D eigenvalue weighted by molar-refractivity contribution is -0.566. The molecule has 0 fully saturated rings. The zero-order valence-electron chi connectivity index (χ0n) is 56.3. The molecule has 0 bridgehead atoms. The third-order valence-electron chi connectivity index (χ3n) is 18.2. The van der Waals surface area contributed by atoms with Crippen molar-refractivity contribution in [2.45, 2.75) is 183 Å². The lowest BCUT2D eigenvalue weighted by Gasteiger charge is -2.29. The van der Waals surface area contributed by atoms with Crippen molar-refractivity contribution in [3.63, 3.8) is 0 Å². The number of furan rings is 1. The zero-order valence-corrected chi connectivity index (χ0v) is 56.3. The van der Waals surface area contributed by atoms with E-state index in [9.17, 15) is 0 Å². The highest BCUT2D eigenvalue weighted by atomic mass is 16.5. The SMILES string of the molecule is CC(C)(C)c1cc(Oc2ccc3c4c5oc6ccccc6c5ccc4n(-c4cc(C(C)(C)C)ccn4)c3c2)cc(-n2c[n+](-c3c(-c4cc(C(C)(C)C)cc(C(C)(C)C)c4)cc(C(C)(C)C)cc3-c3cc(C(C)(C)C)cc(C(C)(C)C)c3)c3ccccc32)c1. The van der Waals surface area contributed by atoms with Gasteiger partial charge in [-0.2, -0.15) is 9.13 Å². The van der Waals surface area contributed by atoms with Gasteiger partial charge in [0.05, 0.1) is 16.4 Å². The van der Waals surface area contributed by atoms with E-state index in [0.29, 0.717) is 0 Å². The normalized spacial score (nSPS) is 13.3. The van der Waals surface area contributed by atoms with Crippen molar-refractivity contribution in [1.82, 2.24) is 14.1 Å². The zero-order chi connectivity index (χ0) is 63.2. The number of aromatic nitrogens is 4. The second-order valence-electron chi connectivity index (χ2n) is 32.3. The average molecular weight is 1160 g/mol. The number of imidazole rings is 1. The van der Waals surface area contributed by atoms with Crippen LogP contribution in [0.5, 0.6) is 11.5 Å². The predicted molar refractivity (Wildman–Crippen MR) is 373 cm³/mol. The molecule has 6 nitrogen and oxygen atoms in total. The monoisotopic (exact) mass is 1160 g/mol. The molecule has 0 aliphatic heterocycles. The van der Waals surface area contributed by atoms with Crippen molar-refractivity contribution in [1.29, 1.82) is 0 Å². The maximum absolute atomic E-state index is 7.26. The standard InChI is InChI=1S/C82H91N4O2/c1-76(2,3)52-34-35-83-72(46-52)86-69-33-32-63-62-26-22-25-29-71(62)88-75(63)73(69)64-31-30-60(48-70(64)86)87-61-43-57(81(16,17)18)42-59(47-61)84-49-85(68-28-24-23-27-67(68)84)74-65(50-36-53(77(4,5)6)40-54(37-50)78(7,8)9)44-58(82(19,20)21)45-66(74)51-38-55(79(10,11)12)41-56(39-51)80(13,14)15/h22-49H,1-21H3/q+1. The van der Waals surface area contributed by atoms with Gasteiger partial charge >= 0.3 is 0 Å². The van der Waals surface area contributed by atoms with Crippen molar-refractivity contribution >= 4 is 54.8 Å². The highest BCUT2D eigenvalue weighted by Crippen LogP contribution is 2.46. The minimum Gasteiger partial charge on any atom is -0.457 e. The van der Waals surface area contributed by atoms with Crippen molar-refractivity contribution < 1.29 is 13.7 Å². The third-order valence-corrected chi connectivity index (χ3v) is 18.2. The number of rotatable bonds is 7. The molecule has 0 spiro atoms. The molecule has 12 rings (SSSR count). The highest BCUT2D eigenvalue weighted by molar-refractivity contribution is 6.24. The van der Waals surface area contributed by atoms with Crippen LogP contribution in [0.4, 0.5) is 0 Å². The van der Waals surface area contributed by atoms with Gasteiger partial charge in [-0.05, 0) is 167 Å². The van der Waals surface area contributed by atoms with Gasteiger partial charge in [0, 0.05) is 45.6 Å². The van der Waals surface area contributed by atoms with E-state index >= 15 is 0 Å². The van der Waals surface area contributed by atoms with Gasteiger partial charge in [0.2, 0.25) is 0 Å². The van der Waals surface area contributed by atoms with Crippen LogP contribution in [0.2, 0.25) is 0 Å². The van der Waals surface area contributed by atoms with Gasteiger partial charge in [0.15, 0.2) is 11.0 Å². The smallest absolute Gasteiger partial charge is 0.255 e. The van der Waals surface area contributed by atoms with E-state index in [2.05, 4.69) is 317 Å². The van der Waals surface area contributed by atoms with E-state index in [0.717, 1.165) is 89.0 Å². The number of para-hydroxylation sites is 3. The van der Waals surface area contributed by atoms with E-state index in [-0.39, 0.29) is 37.9 Å². The van der Waals surface area contributed by atoms with Crippen LogP contribution in [0, 0.1) is 0 Å². The summed E-state index contributed by atoms with van der Waals surface area (Å²) in [6.07, 6.45) is 4.28. The van der Waals surface area contributed by atoms with Crippen LogP contribution in [-0.2, 0) is 37.9 Å². The molecule has 0 saturated carbocycles. The quantitative estimate of drug-likeness (QED) is 0.149. The van der Waals surface area contributed by atoms with Gasteiger partial charge in [-0.1, -0.05) is 212 Å². The van der Waals surface area contributed by atoms with Crippen LogP contribution in [-0.4, -0.2) is 14.1 Å². The molecule has 0 saturated heterocycles. The Hall–Kier alpha value is -8.22. The summed E-state index contributed by atoms with van der Waals surface area (Å²) in [7, 11) is 0. The Labute approximate surface area is 523 Å². The summed E-state index contributed by atoms with van der Waals surface area (Å²) in [5, 5.41) is 4.31. The van der Waals surface area contributed by atoms with Gasteiger partial charge < -0.3 is 9.15 Å². The molecule has 450 valence electrons. The van der Waals surface area contributed by atoms with Crippen LogP contribution in [0.15, 0.2) is 175 Å². The minimum atomic E-state index is -0.222. The summed E-state index contributed by atoms with van der Waals surface area (Å²) in [5.41, 5.74) is 21.0. The third kappa shape index (κ3) is 11.0. The summed E-state index contributed by atoms with van der Waals surface area (Å²) in [5.74, 6) is 2.32. The number of ether oxygens (including phenoxy) is 1. The molecule has 88 heavy (non-hydrogen) atoms. The summed E-state index contributed by atoms with van der Waals surface area (Å²) in [6, 6.07) is 59.1. The average Bonchev–Trinajstić information content (AvgIpc) is 1.53. The van der Waals surface area contributed by atoms with E-state index in [4.69, 9.17) is 14.1 Å². The lowest BCUT2D eigenvalue weighted by atomic mass is 9.76. The molecule has 0 atom stereocenters. The van der Waals surface area contributed by atoms with E-state index in [1.165, 1.54) is 55.6 Å². The van der Waals surface area contributed by atoms with Crippen LogP contribution in [0.3, 0.4) is 0 Å². The van der Waals surface area contributed by atoms with Crippen molar-refractivity contribution in [2.75, 3.05) is 0 Å². The van der Waals surface area contributed by atoms with E-state index < -0.39 is 0 Å². The van der Waals surface area contributed by atoms with Crippen LogP contribution >= 0.6 is 0 Å². The lowest BCUT2D eigenvalue weighted by Crippen LogP contribution is -2.31. The fraction of sp³-hybridized carbons (Fsp3) is 0.341. The molecule has 6 heteroatoms. The van der Waals surface area contributed by atoms with Crippen LogP contribution in [0.25, 0.3) is 94.2 Å². The first-order chi connectivity index (χ1) is 41.0. The Morgan fingerprint density at radius 3 is 1.48 bits per heavy atom. The molecular formula is C82H91N4O2+. The van der Waals surface area contributed by atoms with Gasteiger partial charge in [0.1, 0.15) is 39.9 Å². The first-order valence-electron chi connectivity index (χ1n) is 31.7. The molecule has 0 N–H and O–H groups in total. The maximum atomic E-state index is 7.26. The molecule has 4 aromatic heterocycles. The van der Waals surface area contributed by atoms with Gasteiger partial charge in [-0.3, -0.25) is 4.57 Å². The van der Waals surface area contributed by atoms with Crippen molar-refractivity contribution in [3.05, 3.63) is 209 Å². The summed E-state index contributed by atoms with van der Waals surface area (Å²) < 4.78 is 21.2. The molecule has 0 aliphatic rings. The highest BCUT2D eigenvalue weighted by Gasteiger charge is 2.33. The molecule has 4 heterocycles. The Morgan fingerprint density at radius 1 is 0.398 bits per heavy atom. The minimum absolute atomic E-state index is 0.0827. The number of fused-ring (bicyclic) bond motifs is 8. The molecule has 8 aromatic carbocycles. The number of hydrogen-bond donors (Lipinski definition) is 0. The first kappa shape index (κ1) is 60.1. The van der Waals surface area contributed by atoms with Gasteiger partial charge in [-0.25, -0.2) is 4.98 Å². The van der Waals surface area contributed by atoms with Crippen LogP contribution in [0.1, 0.15) is 184 Å². The van der Waals surface area contributed by atoms with Crippen molar-refractivity contribution in [3.8, 4) is 50.9 Å². The summed E-state index contributed by atoms with van der Waals surface area (Å²) >= 11 is 0. The topological polar surface area (TPSA) is 49.0 Å². The second-order valence-corrected chi connectivity index (χ2v) is 32.3. The van der Waals surface area contributed by atoms with Gasteiger partial charge in [0.25, 0.3) is 6.33 Å². The van der Waals surface area contributed by atoms with E-state index in [1.54, 1.807) is 0 Å². The Bertz CT molecular complexity index is 4570. The fourth-order valence-electron chi connectivity index (χ4n) is 12.5. The van der Waals surface area contributed by atoms with Crippen LogP contribution < -0.4 is 9.30 Å². The van der Waals surface area contributed by atoms with Gasteiger partial charge in [-0.15, -0.1) is 0 Å². The number of benzene rings is 8. The molecule has 0 amide bonds.